The molecule has 1 rings (SSSR count). The molecule has 0 aromatic carbocycles. The van der Waals surface area contributed by atoms with Crippen LogP contribution in [0.25, 0.3) is 0 Å². The van der Waals surface area contributed by atoms with Crippen molar-refractivity contribution in [3.8, 4) is 0 Å². The molecule has 102 valence electrons. The summed E-state index contributed by atoms with van der Waals surface area (Å²) in [7, 11) is -2.81. The van der Waals surface area contributed by atoms with Crippen LogP contribution in [0.2, 0.25) is 0 Å². The zero-order valence-corrected chi connectivity index (χ0v) is 13.0. The van der Waals surface area contributed by atoms with Crippen LogP contribution in [0, 0.1) is 22.7 Å². The third-order valence-electron chi connectivity index (χ3n) is 4.19. The maximum atomic E-state index is 11.8. The van der Waals surface area contributed by atoms with E-state index in [1.807, 2.05) is 0 Å². The summed E-state index contributed by atoms with van der Waals surface area (Å²) in [5.41, 5.74) is 0.385. The topological polar surface area (TPSA) is 34.1 Å². The van der Waals surface area contributed by atoms with Crippen molar-refractivity contribution in [2.75, 3.05) is 11.5 Å². The minimum Gasteiger partial charge on any atom is -0.229 e. The van der Waals surface area contributed by atoms with E-state index in [0.29, 0.717) is 23.3 Å². The van der Waals surface area contributed by atoms with Crippen LogP contribution >= 0.6 is 0 Å². The molecule has 0 bridgehead atoms. The van der Waals surface area contributed by atoms with E-state index in [2.05, 4.69) is 41.5 Å². The van der Waals surface area contributed by atoms with Crippen LogP contribution in [-0.4, -0.2) is 19.9 Å². The Bertz CT molecular complexity index is 325. The second-order valence-corrected chi connectivity index (χ2v) is 9.98. The van der Waals surface area contributed by atoms with E-state index < -0.39 is 9.84 Å². The van der Waals surface area contributed by atoms with Crippen LogP contribution in [-0.2, 0) is 9.84 Å². The first kappa shape index (κ1) is 15.0. The Balaban J connectivity index is 3.05. The van der Waals surface area contributed by atoms with Crippen molar-refractivity contribution in [1.29, 1.82) is 0 Å². The van der Waals surface area contributed by atoms with Crippen LogP contribution in [0.3, 0.4) is 0 Å². The Hall–Kier alpha value is -0.0500. The third kappa shape index (κ3) is 3.97. The highest BCUT2D eigenvalue weighted by Gasteiger charge is 2.41. The van der Waals surface area contributed by atoms with Crippen molar-refractivity contribution in [2.45, 2.75) is 54.4 Å². The number of hydrogen-bond acceptors (Lipinski definition) is 2. The van der Waals surface area contributed by atoms with E-state index in [-0.39, 0.29) is 10.8 Å². The predicted octanol–water partition coefficient (Wildman–Crippen LogP) is 3.52. The number of rotatable bonds is 0. The van der Waals surface area contributed by atoms with Crippen LogP contribution in [0.4, 0.5) is 0 Å². The fourth-order valence-electron chi connectivity index (χ4n) is 3.19. The Labute approximate surface area is 107 Å². The molecular formula is C14H28O2S. The summed E-state index contributed by atoms with van der Waals surface area (Å²) >= 11 is 0. The van der Waals surface area contributed by atoms with Crippen LogP contribution in [0.1, 0.15) is 54.4 Å². The van der Waals surface area contributed by atoms with E-state index in [0.717, 1.165) is 12.8 Å². The molecule has 17 heavy (non-hydrogen) atoms. The van der Waals surface area contributed by atoms with Gasteiger partial charge < -0.3 is 0 Å². The largest absolute Gasteiger partial charge is 0.229 e. The van der Waals surface area contributed by atoms with Crippen molar-refractivity contribution in [3.63, 3.8) is 0 Å². The molecule has 0 aliphatic carbocycles. The van der Waals surface area contributed by atoms with Gasteiger partial charge in [0.25, 0.3) is 0 Å². The molecule has 0 N–H and O–H groups in total. The third-order valence-corrected chi connectivity index (χ3v) is 5.91. The smallest absolute Gasteiger partial charge is 0.150 e. The van der Waals surface area contributed by atoms with Crippen LogP contribution in [0.15, 0.2) is 0 Å². The molecule has 0 unspecified atom stereocenters. The van der Waals surface area contributed by atoms with Gasteiger partial charge >= 0.3 is 0 Å². The molecular weight excluding hydrogens is 232 g/mol. The molecule has 1 fully saturated rings. The van der Waals surface area contributed by atoms with Crippen LogP contribution < -0.4 is 0 Å². The van der Waals surface area contributed by atoms with Crippen molar-refractivity contribution >= 4 is 9.84 Å². The highest BCUT2D eigenvalue weighted by atomic mass is 32.2. The Morgan fingerprint density at radius 2 is 1.06 bits per heavy atom. The fourth-order valence-corrected chi connectivity index (χ4v) is 4.62. The van der Waals surface area contributed by atoms with Crippen LogP contribution in [0.5, 0.6) is 0 Å². The molecule has 3 heteroatoms. The minimum absolute atomic E-state index is 0.192. The summed E-state index contributed by atoms with van der Waals surface area (Å²) in [5.74, 6) is 1.75. The van der Waals surface area contributed by atoms with Crippen molar-refractivity contribution < 1.29 is 8.42 Å². The minimum atomic E-state index is -2.81. The lowest BCUT2D eigenvalue weighted by molar-refractivity contribution is 0.0684. The molecule has 0 aromatic rings. The van der Waals surface area contributed by atoms with E-state index in [9.17, 15) is 8.42 Å². The normalized spacial score (nSPS) is 30.9. The van der Waals surface area contributed by atoms with Gasteiger partial charge in [-0.3, -0.25) is 0 Å². The van der Waals surface area contributed by atoms with Gasteiger partial charge in [0, 0.05) is 0 Å². The first-order valence-corrected chi connectivity index (χ1v) is 8.46. The average Bonchev–Trinajstić information content (AvgIpc) is 2.20. The van der Waals surface area contributed by atoms with Gasteiger partial charge in [-0.25, -0.2) is 8.42 Å². The quantitative estimate of drug-likeness (QED) is 0.668. The van der Waals surface area contributed by atoms with Gasteiger partial charge in [-0.15, -0.1) is 0 Å². The molecule has 2 nitrogen and oxygen atoms in total. The summed E-state index contributed by atoms with van der Waals surface area (Å²) < 4.78 is 23.6. The average molecular weight is 260 g/mol. The lowest BCUT2D eigenvalue weighted by Gasteiger charge is -2.42. The highest BCUT2D eigenvalue weighted by Crippen LogP contribution is 2.46. The Morgan fingerprint density at radius 1 is 0.765 bits per heavy atom. The summed E-state index contributed by atoms with van der Waals surface area (Å²) in [5, 5.41) is 0. The van der Waals surface area contributed by atoms with Gasteiger partial charge in [0.15, 0.2) is 0 Å². The zero-order valence-electron chi connectivity index (χ0n) is 12.2. The summed E-state index contributed by atoms with van der Waals surface area (Å²) in [6.45, 7) is 13.5. The number of hydrogen-bond donors (Lipinski definition) is 0. The zero-order chi connectivity index (χ0) is 13.5. The number of sulfone groups is 1. The maximum absolute atomic E-state index is 11.8. The van der Waals surface area contributed by atoms with E-state index in [1.54, 1.807) is 0 Å². The van der Waals surface area contributed by atoms with Crippen molar-refractivity contribution in [2.24, 2.45) is 22.7 Å². The molecule has 0 amide bonds. The van der Waals surface area contributed by atoms with Crippen molar-refractivity contribution in [3.05, 3.63) is 0 Å². The van der Waals surface area contributed by atoms with Gasteiger partial charge in [-0.1, -0.05) is 41.5 Å². The molecule has 1 aliphatic rings. The standard InChI is InChI=1S/C14H28O2S/c1-13(2,3)11-7-9-17(15,16)10-8-12(11)14(4,5)6/h11-12H,7-10H2,1-6H3/t11-,12-/m0/s1. The first-order chi connectivity index (χ1) is 7.43. The summed E-state index contributed by atoms with van der Waals surface area (Å²) in [6.07, 6.45) is 1.65. The first-order valence-electron chi connectivity index (χ1n) is 6.64. The van der Waals surface area contributed by atoms with E-state index in [4.69, 9.17) is 0 Å². The molecule has 1 saturated heterocycles. The molecule has 2 atom stereocenters. The van der Waals surface area contributed by atoms with Gasteiger partial charge in [-0.05, 0) is 35.5 Å². The fraction of sp³-hybridized carbons (Fsp3) is 1.00. The molecule has 1 aliphatic heterocycles. The van der Waals surface area contributed by atoms with E-state index >= 15 is 0 Å². The maximum Gasteiger partial charge on any atom is 0.150 e. The van der Waals surface area contributed by atoms with Gasteiger partial charge in [0.05, 0.1) is 11.5 Å². The Kier molecular flexibility index (Phi) is 4.03. The van der Waals surface area contributed by atoms with E-state index in [1.165, 1.54) is 0 Å². The van der Waals surface area contributed by atoms with Gasteiger partial charge in [-0.2, -0.15) is 0 Å². The Morgan fingerprint density at radius 3 is 1.29 bits per heavy atom. The molecule has 0 spiro atoms. The predicted molar refractivity (Wildman–Crippen MR) is 73.8 cm³/mol. The second kappa shape index (κ2) is 4.56. The lowest BCUT2D eigenvalue weighted by atomic mass is 9.62. The molecule has 1 heterocycles. The molecule has 0 aromatic heterocycles. The second-order valence-electron chi connectivity index (χ2n) is 7.67. The lowest BCUT2D eigenvalue weighted by Crippen LogP contribution is -2.35. The SMILES string of the molecule is CC(C)(C)[C@H]1CCS(=O)(=O)CC[C@@H]1C(C)(C)C. The molecule has 0 saturated carbocycles. The highest BCUT2D eigenvalue weighted by molar-refractivity contribution is 7.91. The van der Waals surface area contributed by atoms with Gasteiger partial charge in [0.1, 0.15) is 9.84 Å². The van der Waals surface area contributed by atoms with Gasteiger partial charge in [0.2, 0.25) is 0 Å². The van der Waals surface area contributed by atoms with Crippen molar-refractivity contribution in [1.82, 2.24) is 0 Å². The monoisotopic (exact) mass is 260 g/mol. The molecule has 0 radical (unpaired) electrons. The summed E-state index contributed by atoms with van der Waals surface area (Å²) in [6, 6.07) is 0. The summed E-state index contributed by atoms with van der Waals surface area (Å²) in [4.78, 5) is 0.